The third-order valence-electron chi connectivity index (χ3n) is 18.7. The first-order valence-electron chi connectivity index (χ1n) is 41.5. The SMILES string of the molecule is CCCCCCCCCCCCCCCCCCCCCCCCC(=O)O[C@H](COC(=O)CCCCCCCCCCCCCCCCCCC)COP(=O)(O)OC[C@@H](O)COP(=O)(O)OC[C@@H](COC(=O)CCCCCCCCC(C)C)OC(=O)CCCCCCCCCCC(C)C. The molecule has 0 saturated carbocycles. The van der Waals surface area contributed by atoms with E-state index in [2.05, 4.69) is 41.5 Å². The lowest BCUT2D eigenvalue weighted by Gasteiger charge is -2.21. The van der Waals surface area contributed by atoms with Gasteiger partial charge in [-0.1, -0.05) is 369 Å². The summed E-state index contributed by atoms with van der Waals surface area (Å²) in [4.78, 5) is 72.9. The number of carbonyl (C=O) groups excluding carboxylic acids is 4. The highest BCUT2D eigenvalue weighted by Gasteiger charge is 2.30. The Balaban J connectivity index is 5.18. The number of phosphoric acid groups is 2. The summed E-state index contributed by atoms with van der Waals surface area (Å²) in [7, 11) is -9.91. The molecule has 0 amide bonds. The second-order valence-electron chi connectivity index (χ2n) is 29.8. The predicted octanol–water partition coefficient (Wildman–Crippen LogP) is 23.9. The first-order chi connectivity index (χ1) is 47.9. The maximum absolute atomic E-state index is 13.1. The smallest absolute Gasteiger partial charge is 0.462 e. The second kappa shape index (κ2) is 71.7. The van der Waals surface area contributed by atoms with E-state index in [0.29, 0.717) is 31.6 Å². The number of esters is 4. The van der Waals surface area contributed by atoms with E-state index in [1.54, 1.807) is 0 Å². The van der Waals surface area contributed by atoms with E-state index >= 15 is 0 Å². The number of ether oxygens (including phenoxy) is 4. The van der Waals surface area contributed by atoms with Gasteiger partial charge in [-0.2, -0.15) is 0 Å². The van der Waals surface area contributed by atoms with Gasteiger partial charge >= 0.3 is 39.5 Å². The normalized spacial score (nSPS) is 13.9. The average Bonchev–Trinajstić information content (AvgIpc) is 1.35. The molecule has 0 spiro atoms. The standard InChI is InChI=1S/C80H156O17P2/c1-7-9-11-13-15-17-19-21-23-25-26-27-28-29-31-33-35-37-39-44-52-58-64-79(84)96-75(68-90-77(82)62-56-50-43-38-36-34-32-30-24-22-20-18-16-14-12-10-8-2)70-94-98(86,87)92-66-74(81)67-93-99(88,89)95-71-76(69-91-78(83)63-57-51-47-46-49-55-61-73(5)6)97-80(85)65-59-53-45-41-40-42-48-54-60-72(3)4/h72-76,81H,7-71H2,1-6H3,(H,86,87)(H,88,89)/t74-,75-,76-/m1/s1. The fourth-order valence-electron chi connectivity index (χ4n) is 12.4. The second-order valence-corrected chi connectivity index (χ2v) is 32.7. The maximum atomic E-state index is 13.1. The molecule has 0 saturated heterocycles. The number of carbonyl (C=O) groups is 4. The molecule has 5 atom stereocenters. The van der Waals surface area contributed by atoms with Crippen molar-refractivity contribution >= 4 is 39.5 Å². The summed E-state index contributed by atoms with van der Waals surface area (Å²) in [6.45, 7) is 9.49. The minimum absolute atomic E-state index is 0.104. The zero-order valence-corrected chi connectivity index (χ0v) is 66.6. The number of aliphatic hydroxyl groups excluding tert-OH is 1. The lowest BCUT2D eigenvalue weighted by atomic mass is 10.0. The van der Waals surface area contributed by atoms with Gasteiger partial charge in [-0.25, -0.2) is 9.13 Å². The minimum atomic E-state index is -4.96. The van der Waals surface area contributed by atoms with Crippen molar-refractivity contribution in [2.75, 3.05) is 39.6 Å². The van der Waals surface area contributed by atoms with Crippen LogP contribution >= 0.6 is 15.6 Å². The summed E-state index contributed by atoms with van der Waals surface area (Å²) in [5, 5.41) is 10.6. The molecule has 99 heavy (non-hydrogen) atoms. The number of hydrogen-bond acceptors (Lipinski definition) is 15. The van der Waals surface area contributed by atoms with Gasteiger partial charge in [0.15, 0.2) is 12.2 Å². The number of phosphoric ester groups is 2. The van der Waals surface area contributed by atoms with Crippen LogP contribution in [0, 0.1) is 11.8 Å². The Morgan fingerprint density at radius 1 is 0.273 bits per heavy atom. The van der Waals surface area contributed by atoms with Crippen molar-refractivity contribution in [1.82, 2.24) is 0 Å². The van der Waals surface area contributed by atoms with Crippen molar-refractivity contribution in [3.63, 3.8) is 0 Å². The Hall–Kier alpha value is -1.94. The Labute approximate surface area is 607 Å². The lowest BCUT2D eigenvalue weighted by Crippen LogP contribution is -2.30. The summed E-state index contributed by atoms with van der Waals surface area (Å²) in [6.07, 6.45) is 61.5. The minimum Gasteiger partial charge on any atom is -0.462 e. The van der Waals surface area contributed by atoms with Crippen molar-refractivity contribution < 1.29 is 80.2 Å². The van der Waals surface area contributed by atoms with Gasteiger partial charge in [0.05, 0.1) is 26.4 Å². The molecule has 588 valence electrons. The molecular weight excluding hydrogens is 1290 g/mol. The number of unbranched alkanes of at least 4 members (excludes halogenated alkanes) is 49. The van der Waals surface area contributed by atoms with Crippen LogP contribution in [-0.2, 0) is 65.4 Å². The zero-order valence-electron chi connectivity index (χ0n) is 64.8. The molecule has 19 heteroatoms. The maximum Gasteiger partial charge on any atom is 0.472 e. The van der Waals surface area contributed by atoms with E-state index in [1.165, 1.54) is 231 Å². The molecule has 0 bridgehead atoms. The van der Waals surface area contributed by atoms with Crippen LogP contribution in [-0.4, -0.2) is 96.7 Å². The number of rotatable bonds is 79. The predicted molar refractivity (Wildman–Crippen MR) is 405 cm³/mol. The zero-order chi connectivity index (χ0) is 72.8. The van der Waals surface area contributed by atoms with Crippen molar-refractivity contribution in [3.8, 4) is 0 Å². The Morgan fingerprint density at radius 3 is 0.687 bits per heavy atom. The first-order valence-corrected chi connectivity index (χ1v) is 44.5. The summed E-state index contributed by atoms with van der Waals surface area (Å²) in [5.41, 5.74) is 0. The highest BCUT2D eigenvalue weighted by Crippen LogP contribution is 2.45. The quantitative estimate of drug-likeness (QED) is 0.0222. The van der Waals surface area contributed by atoms with Crippen molar-refractivity contribution in [1.29, 1.82) is 0 Å². The van der Waals surface area contributed by atoms with Crippen LogP contribution in [0.25, 0.3) is 0 Å². The van der Waals surface area contributed by atoms with Gasteiger partial charge in [-0.05, 0) is 37.5 Å². The molecule has 2 unspecified atom stereocenters. The molecule has 0 aliphatic rings. The highest BCUT2D eigenvalue weighted by atomic mass is 31.2. The average molecular weight is 1450 g/mol. The molecule has 0 aromatic rings. The molecule has 0 heterocycles. The molecule has 0 fully saturated rings. The summed E-state index contributed by atoms with van der Waals surface area (Å²) >= 11 is 0. The summed E-state index contributed by atoms with van der Waals surface area (Å²) < 4.78 is 68.6. The Morgan fingerprint density at radius 2 is 0.465 bits per heavy atom. The van der Waals surface area contributed by atoms with Crippen LogP contribution in [0.3, 0.4) is 0 Å². The molecule has 0 aromatic carbocycles. The van der Waals surface area contributed by atoms with Crippen LogP contribution in [0.2, 0.25) is 0 Å². The van der Waals surface area contributed by atoms with E-state index < -0.39 is 97.5 Å². The highest BCUT2D eigenvalue weighted by molar-refractivity contribution is 7.47. The molecule has 3 N–H and O–H groups in total. The molecule has 0 rings (SSSR count). The monoisotopic (exact) mass is 1450 g/mol. The Kier molecular flexibility index (Phi) is 70.3. The van der Waals surface area contributed by atoms with Crippen LogP contribution in [0.15, 0.2) is 0 Å². The number of hydrogen-bond donors (Lipinski definition) is 3. The third kappa shape index (κ3) is 74.1. The lowest BCUT2D eigenvalue weighted by molar-refractivity contribution is -0.161. The van der Waals surface area contributed by atoms with Crippen molar-refractivity contribution in [2.24, 2.45) is 11.8 Å². The van der Waals surface area contributed by atoms with Crippen LogP contribution < -0.4 is 0 Å². The molecule has 0 radical (unpaired) electrons. The van der Waals surface area contributed by atoms with E-state index in [0.717, 1.165) is 102 Å². The van der Waals surface area contributed by atoms with E-state index in [9.17, 15) is 43.2 Å². The molecule has 0 aliphatic heterocycles. The largest absolute Gasteiger partial charge is 0.472 e. The summed E-state index contributed by atoms with van der Waals surface area (Å²) in [5.74, 6) is -0.719. The van der Waals surface area contributed by atoms with Gasteiger partial charge in [0.25, 0.3) is 0 Å². The van der Waals surface area contributed by atoms with Gasteiger partial charge in [-0.3, -0.25) is 37.3 Å². The molecule has 0 aromatic heterocycles. The van der Waals surface area contributed by atoms with Crippen molar-refractivity contribution in [2.45, 2.75) is 439 Å². The van der Waals surface area contributed by atoms with Gasteiger partial charge in [0.1, 0.15) is 19.3 Å². The molecule has 0 aliphatic carbocycles. The van der Waals surface area contributed by atoms with Gasteiger partial charge < -0.3 is 33.8 Å². The topological polar surface area (TPSA) is 237 Å². The molecular formula is C80H156O17P2. The van der Waals surface area contributed by atoms with Gasteiger partial charge in [0.2, 0.25) is 0 Å². The van der Waals surface area contributed by atoms with E-state index in [-0.39, 0.29) is 25.7 Å². The van der Waals surface area contributed by atoms with Crippen LogP contribution in [0.4, 0.5) is 0 Å². The van der Waals surface area contributed by atoms with E-state index in [4.69, 9.17) is 37.0 Å². The fourth-order valence-corrected chi connectivity index (χ4v) is 13.9. The summed E-state index contributed by atoms with van der Waals surface area (Å²) in [6, 6.07) is 0. The van der Waals surface area contributed by atoms with Crippen LogP contribution in [0.1, 0.15) is 420 Å². The molecule has 17 nitrogen and oxygen atoms in total. The fraction of sp³-hybridized carbons (Fsp3) is 0.950. The number of aliphatic hydroxyl groups is 1. The third-order valence-corrected chi connectivity index (χ3v) is 20.6. The van der Waals surface area contributed by atoms with Gasteiger partial charge in [-0.15, -0.1) is 0 Å². The van der Waals surface area contributed by atoms with Crippen LogP contribution in [0.5, 0.6) is 0 Å². The van der Waals surface area contributed by atoms with Gasteiger partial charge in [0, 0.05) is 25.7 Å². The van der Waals surface area contributed by atoms with E-state index in [1.807, 2.05) is 0 Å². The Bertz CT molecular complexity index is 1910. The first kappa shape index (κ1) is 97.1. The van der Waals surface area contributed by atoms with Crippen molar-refractivity contribution in [3.05, 3.63) is 0 Å².